The highest BCUT2D eigenvalue weighted by atomic mass is 32.2. The number of aryl methyl sites for hydroxylation is 1. The summed E-state index contributed by atoms with van der Waals surface area (Å²) in [4.78, 5) is 15.3. The van der Waals surface area contributed by atoms with Crippen LogP contribution in [-0.2, 0) is 17.7 Å². The van der Waals surface area contributed by atoms with Gasteiger partial charge in [-0.15, -0.1) is 10.2 Å². The van der Waals surface area contributed by atoms with Gasteiger partial charge in [0, 0.05) is 40.2 Å². The Morgan fingerprint density at radius 1 is 0.935 bits per heavy atom. The Hall–Kier alpha value is -4.74. The van der Waals surface area contributed by atoms with Crippen LogP contribution in [0.15, 0.2) is 107 Å². The van der Waals surface area contributed by atoms with Gasteiger partial charge in [0.05, 0.1) is 16.1 Å². The van der Waals surface area contributed by atoms with Crippen molar-refractivity contribution in [2.45, 2.75) is 48.3 Å². The third kappa shape index (κ3) is 6.61. The molecule has 234 valence electrons. The van der Waals surface area contributed by atoms with E-state index >= 15 is 0 Å². The molecule has 0 saturated carbocycles. The molecule has 6 aromatic rings. The van der Waals surface area contributed by atoms with Crippen LogP contribution in [0.5, 0.6) is 5.75 Å². The van der Waals surface area contributed by atoms with Crippen LogP contribution in [0.3, 0.4) is 0 Å². The van der Waals surface area contributed by atoms with Gasteiger partial charge in [-0.2, -0.15) is 16.9 Å². The molecule has 0 aliphatic heterocycles. The fourth-order valence-electron chi connectivity index (χ4n) is 5.07. The predicted octanol–water partition coefficient (Wildman–Crippen LogP) is 7.92. The smallest absolute Gasteiger partial charge is 0.320 e. The molecule has 3 aromatic carbocycles. The molecule has 3 heterocycles. The molecule has 0 atom stereocenters. The molecule has 2 amide bonds. The highest BCUT2D eigenvalue weighted by Gasteiger charge is 2.25. The van der Waals surface area contributed by atoms with Crippen molar-refractivity contribution in [3.63, 3.8) is 0 Å². The number of anilines is 1. The first-order valence-corrected chi connectivity index (χ1v) is 17.0. The third-order valence-electron chi connectivity index (χ3n) is 7.81. The molecular weight excluding hydrogens is 615 g/mol. The minimum absolute atomic E-state index is 0.119. The maximum absolute atomic E-state index is 13.2. The third-order valence-corrected chi connectivity index (χ3v) is 10.1. The van der Waals surface area contributed by atoms with Gasteiger partial charge in [-0.05, 0) is 68.0 Å². The average Bonchev–Trinajstić information content (AvgIpc) is 3.69. The highest BCUT2D eigenvalue weighted by molar-refractivity contribution is 7.99. The number of carbonyl (C=O) groups is 1. The molecule has 3 aromatic heterocycles. The normalized spacial score (nSPS) is 11.6. The van der Waals surface area contributed by atoms with Gasteiger partial charge in [0.25, 0.3) is 0 Å². The second-order valence-corrected chi connectivity index (χ2v) is 13.7. The van der Waals surface area contributed by atoms with Crippen LogP contribution in [0, 0.1) is 0 Å². The second kappa shape index (κ2) is 13.3. The van der Waals surface area contributed by atoms with Crippen molar-refractivity contribution in [2.75, 3.05) is 11.6 Å². The fourth-order valence-corrected chi connectivity index (χ4v) is 6.34. The molecular formula is C35H35N7O2S2. The number of phenolic OH excluding ortho intramolecular Hbond substituents is 1. The van der Waals surface area contributed by atoms with Gasteiger partial charge in [0.2, 0.25) is 0 Å². The van der Waals surface area contributed by atoms with Crippen molar-refractivity contribution in [3.05, 3.63) is 114 Å². The minimum Gasteiger partial charge on any atom is -0.508 e. The van der Waals surface area contributed by atoms with Crippen molar-refractivity contribution in [2.24, 2.45) is 0 Å². The van der Waals surface area contributed by atoms with Gasteiger partial charge in [0.15, 0.2) is 11.5 Å². The van der Waals surface area contributed by atoms with Crippen LogP contribution >= 0.6 is 23.5 Å². The van der Waals surface area contributed by atoms with Crippen LogP contribution < -0.4 is 10.6 Å². The predicted molar refractivity (Wildman–Crippen MR) is 186 cm³/mol. The van der Waals surface area contributed by atoms with Crippen LogP contribution in [0.2, 0.25) is 0 Å². The van der Waals surface area contributed by atoms with E-state index in [0.717, 1.165) is 44.5 Å². The highest BCUT2D eigenvalue weighted by Crippen LogP contribution is 2.35. The number of rotatable bonds is 10. The summed E-state index contributed by atoms with van der Waals surface area (Å²) in [5, 5.41) is 29.7. The number of nitrogens with zero attached hydrogens (tertiary/aromatic N) is 5. The number of urea groups is 1. The first-order valence-electron chi connectivity index (χ1n) is 14.9. The van der Waals surface area contributed by atoms with E-state index in [9.17, 15) is 9.90 Å². The summed E-state index contributed by atoms with van der Waals surface area (Å²) in [5.74, 6) is 1.44. The number of aromatic nitrogens is 5. The number of fused-ring (bicyclic) bond motifs is 1. The lowest BCUT2D eigenvalue weighted by atomic mass is 10.1. The van der Waals surface area contributed by atoms with E-state index in [1.165, 1.54) is 5.56 Å². The van der Waals surface area contributed by atoms with Crippen LogP contribution in [-0.4, -0.2) is 41.8 Å². The van der Waals surface area contributed by atoms with Crippen molar-refractivity contribution in [3.8, 4) is 22.8 Å². The van der Waals surface area contributed by atoms with E-state index < -0.39 is 0 Å². The summed E-state index contributed by atoms with van der Waals surface area (Å²) in [5.41, 5.74) is 5.52. The van der Waals surface area contributed by atoms with Gasteiger partial charge < -0.3 is 10.4 Å². The van der Waals surface area contributed by atoms with Crippen molar-refractivity contribution < 1.29 is 9.90 Å². The van der Waals surface area contributed by atoms with Gasteiger partial charge in [-0.25, -0.2) is 9.48 Å². The molecule has 9 nitrogen and oxygen atoms in total. The first-order chi connectivity index (χ1) is 22.3. The largest absolute Gasteiger partial charge is 0.508 e. The number of phenols is 1. The molecule has 0 bridgehead atoms. The molecule has 0 aliphatic rings. The number of hydrogen-bond donors (Lipinski definition) is 3. The van der Waals surface area contributed by atoms with Crippen LogP contribution in [0.25, 0.3) is 22.7 Å². The van der Waals surface area contributed by atoms with E-state index in [1.54, 1.807) is 46.4 Å². The maximum atomic E-state index is 13.2. The molecule has 46 heavy (non-hydrogen) atoms. The zero-order valence-electron chi connectivity index (χ0n) is 26.1. The molecule has 3 N–H and O–H groups in total. The van der Waals surface area contributed by atoms with Crippen molar-refractivity contribution in [1.82, 2.24) is 29.7 Å². The number of thioether (sulfide) groups is 1. The fraction of sp³-hybridized carbons (Fsp3) is 0.200. The van der Waals surface area contributed by atoms with Crippen LogP contribution in [0.4, 0.5) is 10.6 Å². The lowest BCUT2D eigenvalue weighted by molar-refractivity contribution is 0.251. The van der Waals surface area contributed by atoms with Crippen molar-refractivity contribution >= 4 is 41.0 Å². The number of amides is 2. The van der Waals surface area contributed by atoms with Gasteiger partial charge in [-0.1, -0.05) is 67.2 Å². The van der Waals surface area contributed by atoms with E-state index in [4.69, 9.17) is 5.10 Å². The molecule has 0 spiro atoms. The summed E-state index contributed by atoms with van der Waals surface area (Å²) in [7, 11) is 0. The molecule has 0 unspecified atom stereocenters. The Kier molecular flexibility index (Phi) is 9.05. The van der Waals surface area contributed by atoms with Crippen molar-refractivity contribution in [1.29, 1.82) is 0 Å². The quantitative estimate of drug-likeness (QED) is 0.138. The van der Waals surface area contributed by atoms with Gasteiger partial charge >= 0.3 is 6.03 Å². The van der Waals surface area contributed by atoms with Crippen LogP contribution in [0.1, 0.15) is 37.6 Å². The summed E-state index contributed by atoms with van der Waals surface area (Å²) in [6.07, 6.45) is 4.99. The Balaban J connectivity index is 1.20. The SMILES string of the molecule is CCc1ccccc1-c1nnc2ccc(Sc3ccccc3CNC(=O)Nc3cc(C(C)(C)SC)nn3-c3cccc(O)c3)cn12. The molecule has 0 aliphatic carbocycles. The van der Waals surface area contributed by atoms with E-state index in [0.29, 0.717) is 18.1 Å². The summed E-state index contributed by atoms with van der Waals surface area (Å²) in [6, 6.07) is 28.6. The second-order valence-electron chi connectivity index (χ2n) is 11.2. The molecule has 6 rings (SSSR count). The summed E-state index contributed by atoms with van der Waals surface area (Å²) >= 11 is 3.29. The van der Waals surface area contributed by atoms with Gasteiger partial charge in [0.1, 0.15) is 11.6 Å². The first kappa shape index (κ1) is 31.3. The Morgan fingerprint density at radius 3 is 2.50 bits per heavy atom. The number of hydrogen-bond acceptors (Lipinski definition) is 7. The van der Waals surface area contributed by atoms with E-state index in [-0.39, 0.29) is 16.5 Å². The summed E-state index contributed by atoms with van der Waals surface area (Å²) < 4.78 is 3.40. The Bertz CT molecular complexity index is 2020. The molecule has 0 saturated heterocycles. The number of carbonyl (C=O) groups excluding carboxylic acids is 1. The molecule has 0 radical (unpaired) electrons. The zero-order valence-corrected chi connectivity index (χ0v) is 27.7. The number of benzene rings is 3. The van der Waals surface area contributed by atoms with E-state index in [2.05, 4.69) is 66.0 Å². The lowest BCUT2D eigenvalue weighted by Gasteiger charge is -2.18. The lowest BCUT2D eigenvalue weighted by Crippen LogP contribution is -2.29. The summed E-state index contributed by atoms with van der Waals surface area (Å²) in [6.45, 7) is 6.62. The monoisotopic (exact) mass is 649 g/mol. The minimum atomic E-state index is -0.361. The topological polar surface area (TPSA) is 109 Å². The average molecular weight is 650 g/mol. The number of pyridine rings is 1. The Morgan fingerprint density at radius 2 is 1.72 bits per heavy atom. The molecule has 11 heteroatoms. The standard InChI is InChI=1S/C35H35N7O2S2/c1-5-23-11-6-8-15-28(23)33-39-38-31-18-17-27(22-41(31)33)46-29-16-9-7-12-24(29)21-36-34(44)37-32-20-30(35(2,3)45-4)40-42(32)25-13-10-14-26(43)19-25/h6-20,22,43H,5,21H2,1-4H3,(H2,36,37,44). The Labute approximate surface area is 276 Å². The van der Waals surface area contributed by atoms with Gasteiger partial charge in [-0.3, -0.25) is 9.72 Å². The maximum Gasteiger partial charge on any atom is 0.320 e. The number of nitrogens with one attached hydrogen (secondary N) is 2. The number of aromatic hydroxyl groups is 1. The van der Waals surface area contributed by atoms with E-state index in [1.807, 2.05) is 65.3 Å². The zero-order chi connectivity index (χ0) is 32.3. The molecule has 0 fully saturated rings.